The van der Waals surface area contributed by atoms with Crippen molar-refractivity contribution in [3.05, 3.63) is 34.3 Å². The van der Waals surface area contributed by atoms with E-state index in [-0.39, 0.29) is 0 Å². The Morgan fingerprint density at radius 2 is 2.00 bits per heavy atom. The van der Waals surface area contributed by atoms with E-state index in [1.807, 2.05) is 0 Å². The third-order valence-corrected chi connectivity index (χ3v) is 5.22. The fraction of sp³-hybridized carbons (Fsp3) is 0.647. The maximum absolute atomic E-state index is 3.50. The lowest BCUT2D eigenvalue weighted by Crippen LogP contribution is -2.51. The van der Waals surface area contributed by atoms with E-state index in [0.29, 0.717) is 6.04 Å². The van der Waals surface area contributed by atoms with E-state index in [9.17, 15) is 0 Å². The Morgan fingerprint density at radius 1 is 1.29 bits per heavy atom. The third-order valence-electron chi connectivity index (χ3n) is 4.69. The summed E-state index contributed by atoms with van der Waals surface area (Å²) < 4.78 is 1.14. The summed E-state index contributed by atoms with van der Waals surface area (Å²) in [4.78, 5) is 5.12. The van der Waals surface area contributed by atoms with Crippen molar-refractivity contribution in [1.82, 2.24) is 15.1 Å². The molecule has 1 N–H and O–H groups in total. The zero-order chi connectivity index (χ0) is 15.2. The van der Waals surface area contributed by atoms with Crippen molar-refractivity contribution in [3.63, 3.8) is 0 Å². The predicted octanol–water partition coefficient (Wildman–Crippen LogP) is 3.13. The van der Waals surface area contributed by atoms with Gasteiger partial charge in [0.05, 0.1) is 0 Å². The molecule has 1 heterocycles. The molecular formula is C17H28BrN3. The molecular weight excluding hydrogens is 326 g/mol. The van der Waals surface area contributed by atoms with Crippen LogP contribution in [0.4, 0.5) is 0 Å². The minimum atomic E-state index is 0.442. The number of piperazine rings is 1. The Bertz CT molecular complexity index is 421. The average molecular weight is 354 g/mol. The average Bonchev–Trinajstić information content (AvgIpc) is 2.51. The minimum absolute atomic E-state index is 0.442. The zero-order valence-electron chi connectivity index (χ0n) is 13.5. The topological polar surface area (TPSA) is 18.5 Å². The normalized spacial score (nSPS) is 22.4. The monoisotopic (exact) mass is 353 g/mol. The molecule has 21 heavy (non-hydrogen) atoms. The van der Waals surface area contributed by atoms with Gasteiger partial charge in [0, 0.05) is 42.7 Å². The number of hydrogen-bond donors (Lipinski definition) is 1. The van der Waals surface area contributed by atoms with Gasteiger partial charge in [-0.25, -0.2) is 0 Å². The number of nitrogens with zero attached hydrogens (tertiary/aromatic N) is 2. The second-order valence-corrected chi connectivity index (χ2v) is 6.94. The lowest BCUT2D eigenvalue weighted by molar-refractivity contribution is 0.0904. The van der Waals surface area contributed by atoms with E-state index in [2.05, 4.69) is 76.3 Å². The summed E-state index contributed by atoms with van der Waals surface area (Å²) in [6, 6.07) is 9.84. The smallest absolute Gasteiger partial charge is 0.0329 e. The summed E-state index contributed by atoms with van der Waals surface area (Å²) in [6.07, 6.45) is 2.41. The number of hydrogen-bond acceptors (Lipinski definition) is 3. The van der Waals surface area contributed by atoms with Crippen LogP contribution in [0.3, 0.4) is 0 Å². The molecule has 0 bridgehead atoms. The van der Waals surface area contributed by atoms with E-state index >= 15 is 0 Å². The molecule has 1 aliphatic rings. The first-order valence-corrected chi connectivity index (χ1v) is 8.78. The van der Waals surface area contributed by atoms with Gasteiger partial charge in [0.2, 0.25) is 0 Å². The van der Waals surface area contributed by atoms with Crippen molar-refractivity contribution >= 4 is 15.9 Å². The first-order valence-electron chi connectivity index (χ1n) is 7.99. The maximum Gasteiger partial charge on any atom is 0.0329 e. The van der Waals surface area contributed by atoms with Crippen molar-refractivity contribution in [2.75, 3.05) is 40.3 Å². The van der Waals surface area contributed by atoms with Gasteiger partial charge >= 0.3 is 0 Å². The summed E-state index contributed by atoms with van der Waals surface area (Å²) in [7, 11) is 4.31. The summed E-state index contributed by atoms with van der Waals surface area (Å²) in [5, 5.41) is 3.46. The Labute approximate surface area is 137 Å². The van der Waals surface area contributed by atoms with Crippen molar-refractivity contribution in [1.29, 1.82) is 0 Å². The first kappa shape index (κ1) is 16.9. The van der Waals surface area contributed by atoms with Crippen molar-refractivity contribution in [3.8, 4) is 0 Å². The van der Waals surface area contributed by atoms with Gasteiger partial charge in [-0.05, 0) is 44.6 Å². The lowest BCUT2D eigenvalue weighted by Gasteiger charge is -2.39. The number of nitrogens with one attached hydrogen (secondary N) is 1. The second kappa shape index (κ2) is 8.28. The summed E-state index contributed by atoms with van der Waals surface area (Å²) >= 11 is 3.50. The molecule has 1 fully saturated rings. The largest absolute Gasteiger partial charge is 0.313 e. The standard InChI is InChI=1S/C17H28BrN3/c1-4-16-13-21(12-11-20(16)3)10-9-17(19-2)14-5-7-15(18)8-6-14/h5-8,16-17,19H,4,9-13H2,1-3H3. The predicted molar refractivity (Wildman–Crippen MR) is 93.7 cm³/mol. The van der Waals surface area contributed by atoms with Crippen LogP contribution in [0.5, 0.6) is 0 Å². The second-order valence-electron chi connectivity index (χ2n) is 6.02. The van der Waals surface area contributed by atoms with Gasteiger partial charge in [-0.1, -0.05) is 35.0 Å². The van der Waals surface area contributed by atoms with Crippen molar-refractivity contribution in [2.45, 2.75) is 31.8 Å². The van der Waals surface area contributed by atoms with E-state index in [1.54, 1.807) is 0 Å². The zero-order valence-corrected chi connectivity index (χ0v) is 15.1. The molecule has 118 valence electrons. The van der Waals surface area contributed by atoms with Crippen molar-refractivity contribution < 1.29 is 0 Å². The number of halogens is 1. The summed E-state index contributed by atoms with van der Waals surface area (Å²) in [6.45, 7) is 7.07. The van der Waals surface area contributed by atoms with Gasteiger partial charge in [0.15, 0.2) is 0 Å². The molecule has 2 rings (SSSR count). The van der Waals surface area contributed by atoms with Crippen LogP contribution in [-0.2, 0) is 0 Å². The number of benzene rings is 1. The van der Waals surface area contributed by atoms with Crippen LogP contribution < -0.4 is 5.32 Å². The quantitative estimate of drug-likeness (QED) is 0.847. The van der Waals surface area contributed by atoms with Gasteiger partial charge in [0.25, 0.3) is 0 Å². The fourth-order valence-corrected chi connectivity index (χ4v) is 3.40. The Hall–Kier alpha value is -0.420. The minimum Gasteiger partial charge on any atom is -0.313 e. The number of rotatable bonds is 6. The Morgan fingerprint density at radius 3 is 2.62 bits per heavy atom. The molecule has 2 unspecified atom stereocenters. The van der Waals surface area contributed by atoms with Crippen LogP contribution in [0.15, 0.2) is 28.7 Å². The highest BCUT2D eigenvalue weighted by Crippen LogP contribution is 2.20. The number of likely N-dealkylation sites (N-methyl/N-ethyl adjacent to an activating group) is 1. The molecule has 0 saturated carbocycles. The van der Waals surface area contributed by atoms with Gasteiger partial charge in [0.1, 0.15) is 0 Å². The van der Waals surface area contributed by atoms with Gasteiger partial charge in [-0.2, -0.15) is 0 Å². The van der Waals surface area contributed by atoms with Gasteiger partial charge in [-0.15, -0.1) is 0 Å². The van der Waals surface area contributed by atoms with Crippen LogP contribution >= 0.6 is 15.9 Å². The summed E-state index contributed by atoms with van der Waals surface area (Å²) in [5.74, 6) is 0. The van der Waals surface area contributed by atoms with Crippen LogP contribution in [0, 0.1) is 0 Å². The van der Waals surface area contributed by atoms with Crippen molar-refractivity contribution in [2.24, 2.45) is 0 Å². The lowest BCUT2D eigenvalue weighted by atomic mass is 10.0. The first-order chi connectivity index (χ1) is 10.1. The molecule has 0 aliphatic carbocycles. The van der Waals surface area contributed by atoms with Crippen LogP contribution in [0.25, 0.3) is 0 Å². The third kappa shape index (κ3) is 4.78. The Kier molecular flexibility index (Phi) is 6.68. The SMILES string of the molecule is CCC1CN(CCC(NC)c2ccc(Br)cc2)CCN1C. The van der Waals surface area contributed by atoms with Crippen LogP contribution in [0.2, 0.25) is 0 Å². The van der Waals surface area contributed by atoms with Crippen LogP contribution in [-0.4, -0.2) is 56.1 Å². The van der Waals surface area contributed by atoms with E-state index in [4.69, 9.17) is 0 Å². The molecule has 4 heteroatoms. The fourth-order valence-electron chi connectivity index (χ4n) is 3.14. The molecule has 1 aliphatic heterocycles. The highest BCUT2D eigenvalue weighted by molar-refractivity contribution is 9.10. The highest BCUT2D eigenvalue weighted by Gasteiger charge is 2.23. The van der Waals surface area contributed by atoms with Gasteiger partial charge in [-0.3, -0.25) is 0 Å². The molecule has 0 amide bonds. The Balaban J connectivity index is 1.87. The molecule has 0 spiro atoms. The van der Waals surface area contributed by atoms with E-state index in [0.717, 1.165) is 16.9 Å². The summed E-state index contributed by atoms with van der Waals surface area (Å²) in [5.41, 5.74) is 1.38. The molecule has 1 aromatic rings. The maximum atomic E-state index is 3.50. The molecule has 1 aromatic carbocycles. The highest BCUT2D eigenvalue weighted by atomic mass is 79.9. The van der Waals surface area contributed by atoms with Crippen LogP contribution in [0.1, 0.15) is 31.4 Å². The molecule has 0 radical (unpaired) electrons. The van der Waals surface area contributed by atoms with E-state index < -0.39 is 0 Å². The molecule has 0 aromatic heterocycles. The van der Waals surface area contributed by atoms with Gasteiger partial charge < -0.3 is 15.1 Å². The molecule has 1 saturated heterocycles. The molecule has 3 nitrogen and oxygen atoms in total. The molecule has 2 atom stereocenters. The van der Waals surface area contributed by atoms with E-state index in [1.165, 1.54) is 38.2 Å².